The van der Waals surface area contributed by atoms with Crippen LogP contribution in [-0.2, 0) is 11.3 Å². The Hall–Kier alpha value is -1.40. The molecule has 1 saturated carbocycles. The lowest BCUT2D eigenvalue weighted by atomic mass is 10.2. The number of rotatable bonds is 3. The van der Waals surface area contributed by atoms with Gasteiger partial charge in [0.1, 0.15) is 0 Å². The molecule has 3 heteroatoms. The van der Waals surface area contributed by atoms with Gasteiger partial charge in [0, 0.05) is 6.20 Å². The summed E-state index contributed by atoms with van der Waals surface area (Å²) in [5, 5.41) is 8.63. The monoisotopic (exact) mass is 174 g/mol. The average molecular weight is 174 g/mol. The van der Waals surface area contributed by atoms with Crippen LogP contribution in [0, 0.1) is 11.3 Å². The maximum absolute atomic E-state index is 8.63. The highest BCUT2D eigenvalue weighted by atomic mass is 16.5. The van der Waals surface area contributed by atoms with Crippen LogP contribution in [0.1, 0.15) is 24.1 Å². The van der Waals surface area contributed by atoms with Crippen LogP contribution in [0.15, 0.2) is 18.3 Å². The minimum absolute atomic E-state index is 0.438. The second kappa shape index (κ2) is 3.55. The van der Waals surface area contributed by atoms with Gasteiger partial charge in [0.2, 0.25) is 0 Å². The standard InChI is InChI=1S/C10H10N2O/c11-6-8-3-4-12-9(5-8)7-13-10-1-2-10/h3-5,10H,1-2,7H2. The van der Waals surface area contributed by atoms with Crippen LogP contribution in [-0.4, -0.2) is 11.1 Å². The van der Waals surface area contributed by atoms with E-state index in [9.17, 15) is 0 Å². The molecule has 0 unspecified atom stereocenters. The molecule has 2 rings (SSSR count). The molecule has 1 aromatic rings. The van der Waals surface area contributed by atoms with E-state index in [1.807, 2.05) is 0 Å². The third-order valence-corrected chi connectivity index (χ3v) is 1.94. The topological polar surface area (TPSA) is 45.9 Å². The second-order valence-electron chi connectivity index (χ2n) is 3.16. The van der Waals surface area contributed by atoms with Crippen LogP contribution in [0.3, 0.4) is 0 Å². The molecule has 1 aliphatic carbocycles. The molecule has 0 aromatic carbocycles. The smallest absolute Gasteiger partial charge is 0.0992 e. The Morgan fingerprint density at radius 1 is 1.62 bits per heavy atom. The highest BCUT2D eigenvalue weighted by Gasteiger charge is 2.21. The zero-order valence-electron chi connectivity index (χ0n) is 7.23. The molecule has 1 fully saturated rings. The molecule has 0 saturated heterocycles. The number of nitriles is 1. The van der Waals surface area contributed by atoms with Crippen molar-refractivity contribution >= 4 is 0 Å². The Balaban J connectivity index is 1.98. The summed E-state index contributed by atoms with van der Waals surface area (Å²) in [6.07, 6.45) is 4.41. The zero-order valence-corrected chi connectivity index (χ0v) is 7.23. The Morgan fingerprint density at radius 2 is 2.46 bits per heavy atom. The van der Waals surface area contributed by atoms with Crippen molar-refractivity contribution in [2.45, 2.75) is 25.6 Å². The molecule has 1 heterocycles. The average Bonchev–Trinajstić information content (AvgIpc) is 2.99. The van der Waals surface area contributed by atoms with Crippen molar-refractivity contribution in [1.29, 1.82) is 5.26 Å². The number of hydrogen-bond donors (Lipinski definition) is 0. The Labute approximate surface area is 77.0 Å². The van der Waals surface area contributed by atoms with E-state index in [0.717, 1.165) is 18.5 Å². The van der Waals surface area contributed by atoms with Crippen molar-refractivity contribution in [2.75, 3.05) is 0 Å². The van der Waals surface area contributed by atoms with Gasteiger partial charge in [-0.05, 0) is 25.0 Å². The van der Waals surface area contributed by atoms with Gasteiger partial charge in [-0.3, -0.25) is 4.98 Å². The maximum atomic E-state index is 8.63. The predicted molar refractivity (Wildman–Crippen MR) is 46.8 cm³/mol. The van der Waals surface area contributed by atoms with E-state index in [0.29, 0.717) is 18.3 Å². The van der Waals surface area contributed by atoms with Crippen molar-refractivity contribution in [3.05, 3.63) is 29.6 Å². The first-order valence-electron chi connectivity index (χ1n) is 4.35. The third kappa shape index (κ3) is 2.27. The van der Waals surface area contributed by atoms with Gasteiger partial charge >= 0.3 is 0 Å². The van der Waals surface area contributed by atoms with E-state index >= 15 is 0 Å². The highest BCUT2D eigenvalue weighted by molar-refractivity contribution is 5.28. The van der Waals surface area contributed by atoms with E-state index < -0.39 is 0 Å². The Morgan fingerprint density at radius 3 is 3.15 bits per heavy atom. The minimum atomic E-state index is 0.438. The number of pyridine rings is 1. The molecule has 0 bridgehead atoms. The van der Waals surface area contributed by atoms with Crippen molar-refractivity contribution in [1.82, 2.24) is 4.98 Å². The maximum Gasteiger partial charge on any atom is 0.0992 e. The van der Waals surface area contributed by atoms with Gasteiger partial charge in [-0.2, -0.15) is 5.26 Å². The van der Waals surface area contributed by atoms with Crippen LogP contribution in [0.25, 0.3) is 0 Å². The summed E-state index contributed by atoms with van der Waals surface area (Å²) < 4.78 is 5.47. The summed E-state index contributed by atoms with van der Waals surface area (Å²) in [6, 6.07) is 5.54. The summed E-state index contributed by atoms with van der Waals surface area (Å²) in [5.74, 6) is 0. The van der Waals surface area contributed by atoms with Crippen LogP contribution in [0.2, 0.25) is 0 Å². The number of nitrogens with zero attached hydrogens (tertiary/aromatic N) is 2. The first-order chi connectivity index (χ1) is 6.38. The van der Waals surface area contributed by atoms with E-state index in [1.165, 1.54) is 0 Å². The molecule has 3 nitrogen and oxygen atoms in total. The van der Waals surface area contributed by atoms with Gasteiger partial charge in [-0.25, -0.2) is 0 Å². The number of ether oxygens (including phenoxy) is 1. The minimum Gasteiger partial charge on any atom is -0.372 e. The van der Waals surface area contributed by atoms with E-state index in [1.54, 1.807) is 18.3 Å². The van der Waals surface area contributed by atoms with Gasteiger partial charge < -0.3 is 4.74 Å². The quantitative estimate of drug-likeness (QED) is 0.699. The van der Waals surface area contributed by atoms with E-state index in [-0.39, 0.29) is 0 Å². The lowest BCUT2D eigenvalue weighted by Gasteiger charge is -2.00. The fourth-order valence-corrected chi connectivity index (χ4v) is 1.06. The normalized spacial score (nSPS) is 15.3. The zero-order chi connectivity index (χ0) is 9.10. The summed E-state index contributed by atoms with van der Waals surface area (Å²) in [6.45, 7) is 0.528. The molecule has 0 amide bonds. The van der Waals surface area contributed by atoms with E-state index in [4.69, 9.17) is 10.00 Å². The fraction of sp³-hybridized carbons (Fsp3) is 0.400. The second-order valence-corrected chi connectivity index (χ2v) is 3.16. The summed E-state index contributed by atoms with van der Waals surface area (Å²) in [4.78, 5) is 4.11. The van der Waals surface area contributed by atoms with E-state index in [2.05, 4.69) is 11.1 Å². The molecule has 13 heavy (non-hydrogen) atoms. The molecule has 1 aliphatic rings. The lowest BCUT2D eigenvalue weighted by molar-refractivity contribution is 0.103. The van der Waals surface area contributed by atoms with Crippen LogP contribution >= 0.6 is 0 Å². The lowest BCUT2D eigenvalue weighted by Crippen LogP contribution is -1.97. The first-order valence-corrected chi connectivity index (χ1v) is 4.35. The Kier molecular flexibility index (Phi) is 2.24. The van der Waals surface area contributed by atoms with Gasteiger partial charge in [-0.15, -0.1) is 0 Å². The molecule has 0 radical (unpaired) electrons. The highest BCUT2D eigenvalue weighted by Crippen LogP contribution is 2.24. The molecule has 0 atom stereocenters. The first kappa shape index (κ1) is 8.21. The van der Waals surface area contributed by atoms with Crippen molar-refractivity contribution < 1.29 is 4.74 Å². The van der Waals surface area contributed by atoms with Gasteiger partial charge in [0.05, 0.1) is 30.0 Å². The van der Waals surface area contributed by atoms with Crippen LogP contribution in [0.5, 0.6) is 0 Å². The molecule has 0 spiro atoms. The largest absolute Gasteiger partial charge is 0.372 e. The Bertz CT molecular complexity index is 339. The summed E-state index contributed by atoms with van der Waals surface area (Å²) in [5.41, 5.74) is 1.48. The molecule has 66 valence electrons. The van der Waals surface area contributed by atoms with Gasteiger partial charge in [0.25, 0.3) is 0 Å². The molecule has 0 aliphatic heterocycles. The summed E-state index contributed by atoms with van der Waals surface area (Å²) in [7, 11) is 0. The molecular weight excluding hydrogens is 164 g/mol. The molecule has 0 N–H and O–H groups in total. The van der Waals surface area contributed by atoms with Crippen molar-refractivity contribution in [3.8, 4) is 6.07 Å². The summed E-state index contributed by atoms with van der Waals surface area (Å²) >= 11 is 0. The van der Waals surface area contributed by atoms with Crippen LogP contribution in [0.4, 0.5) is 0 Å². The van der Waals surface area contributed by atoms with Crippen molar-refractivity contribution in [2.24, 2.45) is 0 Å². The van der Waals surface area contributed by atoms with Gasteiger partial charge in [0.15, 0.2) is 0 Å². The number of hydrogen-bond acceptors (Lipinski definition) is 3. The van der Waals surface area contributed by atoms with Crippen LogP contribution < -0.4 is 0 Å². The molecule has 1 aromatic heterocycles. The third-order valence-electron chi connectivity index (χ3n) is 1.94. The van der Waals surface area contributed by atoms with Gasteiger partial charge in [-0.1, -0.05) is 0 Å². The number of aromatic nitrogens is 1. The SMILES string of the molecule is N#Cc1ccnc(COC2CC2)c1. The fourth-order valence-electron chi connectivity index (χ4n) is 1.06. The predicted octanol–water partition coefficient (Wildman–Crippen LogP) is 1.63. The van der Waals surface area contributed by atoms with Crippen molar-refractivity contribution in [3.63, 3.8) is 0 Å². The molecular formula is C10H10N2O.